The number of carbonyl (C=O) groups is 2. The maximum Gasteiger partial charge on any atom is 0.303 e. The summed E-state index contributed by atoms with van der Waals surface area (Å²) in [5.74, 6) is -0.994. The summed E-state index contributed by atoms with van der Waals surface area (Å²) in [6.45, 7) is 1.90. The summed E-state index contributed by atoms with van der Waals surface area (Å²) < 4.78 is 0.965. The molecule has 0 aliphatic heterocycles. The minimum Gasteiger partial charge on any atom is -0.481 e. The van der Waals surface area contributed by atoms with Crippen LogP contribution in [0.15, 0.2) is 28.7 Å². The van der Waals surface area contributed by atoms with Crippen molar-refractivity contribution in [3.63, 3.8) is 0 Å². The number of halogens is 1. The van der Waals surface area contributed by atoms with Crippen LogP contribution < -0.4 is 5.32 Å². The molecule has 0 bridgehead atoms. The fourth-order valence-corrected chi connectivity index (χ4v) is 1.99. The van der Waals surface area contributed by atoms with Crippen LogP contribution in [-0.4, -0.2) is 17.0 Å². The van der Waals surface area contributed by atoms with Gasteiger partial charge in [-0.1, -0.05) is 28.1 Å². The van der Waals surface area contributed by atoms with Crippen molar-refractivity contribution in [2.24, 2.45) is 0 Å². The highest BCUT2D eigenvalue weighted by atomic mass is 79.9. The normalized spacial score (nSPS) is 11.9. The molecule has 0 heterocycles. The first kappa shape index (κ1) is 14.7. The van der Waals surface area contributed by atoms with E-state index in [0.717, 1.165) is 10.0 Å². The number of nitrogens with one attached hydrogen (secondary N) is 1. The molecule has 0 aliphatic carbocycles. The Morgan fingerprint density at radius 1 is 1.39 bits per heavy atom. The fraction of sp³-hybridized carbons (Fsp3) is 0.385. The van der Waals surface area contributed by atoms with E-state index in [2.05, 4.69) is 21.2 Å². The minimum absolute atomic E-state index is 0.0265. The number of hydrogen-bond acceptors (Lipinski definition) is 2. The van der Waals surface area contributed by atoms with Crippen LogP contribution >= 0.6 is 15.9 Å². The molecular formula is C13H16BrNO3. The highest BCUT2D eigenvalue weighted by molar-refractivity contribution is 9.10. The van der Waals surface area contributed by atoms with E-state index in [9.17, 15) is 9.59 Å². The van der Waals surface area contributed by atoms with Gasteiger partial charge < -0.3 is 10.4 Å². The zero-order valence-electron chi connectivity index (χ0n) is 10.1. The predicted octanol–water partition coefficient (Wildman–Crippen LogP) is 2.88. The summed E-state index contributed by atoms with van der Waals surface area (Å²) in [4.78, 5) is 21.9. The van der Waals surface area contributed by atoms with E-state index in [0.29, 0.717) is 6.42 Å². The van der Waals surface area contributed by atoms with E-state index in [1.165, 1.54) is 0 Å². The Labute approximate surface area is 115 Å². The first-order valence-corrected chi connectivity index (χ1v) is 6.55. The molecule has 2 N–H and O–H groups in total. The predicted molar refractivity (Wildman–Crippen MR) is 72.2 cm³/mol. The number of rotatable bonds is 6. The van der Waals surface area contributed by atoms with Crippen LogP contribution in [0, 0.1) is 0 Å². The van der Waals surface area contributed by atoms with Gasteiger partial charge in [-0.25, -0.2) is 0 Å². The van der Waals surface area contributed by atoms with Gasteiger partial charge in [-0.2, -0.15) is 0 Å². The van der Waals surface area contributed by atoms with Gasteiger partial charge in [-0.3, -0.25) is 9.59 Å². The maximum absolute atomic E-state index is 11.6. The van der Waals surface area contributed by atoms with Gasteiger partial charge in [0.05, 0.1) is 6.04 Å². The standard InChI is InChI=1S/C13H16BrNO3/c1-9(10-4-2-5-11(14)8-10)15-12(16)6-3-7-13(17)18/h2,4-5,8-9H,3,6-7H2,1H3,(H,15,16)(H,17,18)/t9-/m0/s1. The van der Waals surface area contributed by atoms with Crippen molar-refractivity contribution in [1.29, 1.82) is 0 Å². The van der Waals surface area contributed by atoms with Crippen molar-refractivity contribution in [1.82, 2.24) is 5.32 Å². The van der Waals surface area contributed by atoms with Gasteiger partial charge in [0.2, 0.25) is 5.91 Å². The van der Waals surface area contributed by atoms with Crippen LogP contribution in [0.4, 0.5) is 0 Å². The summed E-state index contributed by atoms with van der Waals surface area (Å²) in [6, 6.07) is 7.63. The second kappa shape index (κ2) is 7.16. The molecule has 1 atom stereocenters. The van der Waals surface area contributed by atoms with Crippen LogP contribution in [0.5, 0.6) is 0 Å². The summed E-state index contributed by atoms with van der Waals surface area (Å²) >= 11 is 3.38. The van der Waals surface area contributed by atoms with Gasteiger partial charge in [0.1, 0.15) is 0 Å². The topological polar surface area (TPSA) is 66.4 Å². The van der Waals surface area contributed by atoms with Crippen LogP contribution in [0.3, 0.4) is 0 Å². The molecule has 0 saturated heterocycles. The summed E-state index contributed by atoms with van der Waals surface area (Å²) in [7, 11) is 0. The monoisotopic (exact) mass is 313 g/mol. The first-order chi connectivity index (χ1) is 8.49. The molecule has 0 saturated carbocycles. The van der Waals surface area contributed by atoms with Crippen LogP contribution in [-0.2, 0) is 9.59 Å². The van der Waals surface area contributed by atoms with E-state index in [1.54, 1.807) is 0 Å². The summed E-state index contributed by atoms with van der Waals surface area (Å²) in [5.41, 5.74) is 1.01. The maximum atomic E-state index is 11.6. The van der Waals surface area contributed by atoms with Gasteiger partial charge in [-0.15, -0.1) is 0 Å². The Balaban J connectivity index is 2.42. The highest BCUT2D eigenvalue weighted by Gasteiger charge is 2.10. The Bertz CT molecular complexity index is 434. The van der Waals surface area contributed by atoms with Crippen molar-refractivity contribution < 1.29 is 14.7 Å². The zero-order chi connectivity index (χ0) is 13.5. The van der Waals surface area contributed by atoms with Crippen molar-refractivity contribution in [3.05, 3.63) is 34.3 Å². The second-order valence-corrected chi connectivity index (χ2v) is 5.01. The molecule has 0 fully saturated rings. The zero-order valence-corrected chi connectivity index (χ0v) is 11.7. The molecule has 0 aliphatic rings. The van der Waals surface area contributed by atoms with E-state index in [-0.39, 0.29) is 24.8 Å². The molecule has 0 aromatic heterocycles. The molecule has 1 amide bonds. The van der Waals surface area contributed by atoms with Gasteiger partial charge in [0.25, 0.3) is 0 Å². The van der Waals surface area contributed by atoms with E-state index >= 15 is 0 Å². The number of carboxylic acids is 1. The van der Waals surface area contributed by atoms with Crippen LogP contribution in [0.25, 0.3) is 0 Å². The Hall–Kier alpha value is -1.36. The van der Waals surface area contributed by atoms with E-state index < -0.39 is 5.97 Å². The summed E-state index contributed by atoms with van der Waals surface area (Å²) in [6.07, 6.45) is 0.635. The lowest BCUT2D eigenvalue weighted by molar-refractivity contribution is -0.137. The molecular weight excluding hydrogens is 298 g/mol. The third-order valence-electron chi connectivity index (χ3n) is 2.52. The largest absolute Gasteiger partial charge is 0.481 e. The lowest BCUT2D eigenvalue weighted by Gasteiger charge is -2.14. The minimum atomic E-state index is -0.872. The van der Waals surface area contributed by atoms with Crippen molar-refractivity contribution >= 4 is 27.8 Å². The van der Waals surface area contributed by atoms with Gasteiger partial charge in [0.15, 0.2) is 0 Å². The SMILES string of the molecule is C[C@H](NC(=O)CCCC(=O)O)c1cccc(Br)c1. The number of hydrogen-bond donors (Lipinski definition) is 2. The quantitative estimate of drug-likeness (QED) is 0.848. The van der Waals surface area contributed by atoms with Crippen LogP contribution in [0.1, 0.15) is 37.8 Å². The number of carbonyl (C=O) groups excluding carboxylic acids is 1. The summed E-state index contributed by atoms with van der Waals surface area (Å²) in [5, 5.41) is 11.3. The Kier molecular flexibility index (Phi) is 5.85. The van der Waals surface area contributed by atoms with Crippen LogP contribution in [0.2, 0.25) is 0 Å². The third kappa shape index (κ3) is 5.31. The first-order valence-electron chi connectivity index (χ1n) is 5.75. The molecule has 1 aromatic carbocycles. The average Bonchev–Trinajstić information content (AvgIpc) is 2.28. The van der Waals surface area contributed by atoms with Crippen molar-refractivity contribution in [2.75, 3.05) is 0 Å². The molecule has 4 nitrogen and oxygen atoms in total. The number of aliphatic carboxylic acids is 1. The molecule has 98 valence electrons. The lowest BCUT2D eigenvalue weighted by atomic mass is 10.1. The van der Waals surface area contributed by atoms with Gasteiger partial charge in [-0.05, 0) is 31.0 Å². The van der Waals surface area contributed by atoms with Crippen molar-refractivity contribution in [3.8, 4) is 0 Å². The number of benzene rings is 1. The van der Waals surface area contributed by atoms with Crippen molar-refractivity contribution in [2.45, 2.75) is 32.2 Å². The second-order valence-electron chi connectivity index (χ2n) is 4.09. The number of amides is 1. The third-order valence-corrected chi connectivity index (χ3v) is 3.01. The Morgan fingerprint density at radius 3 is 2.72 bits per heavy atom. The Morgan fingerprint density at radius 2 is 2.11 bits per heavy atom. The average molecular weight is 314 g/mol. The molecule has 1 rings (SSSR count). The smallest absolute Gasteiger partial charge is 0.303 e. The van der Waals surface area contributed by atoms with E-state index in [1.807, 2.05) is 31.2 Å². The highest BCUT2D eigenvalue weighted by Crippen LogP contribution is 2.17. The molecule has 1 aromatic rings. The molecule has 0 radical (unpaired) electrons. The lowest BCUT2D eigenvalue weighted by Crippen LogP contribution is -2.26. The van der Waals surface area contributed by atoms with Gasteiger partial charge in [0, 0.05) is 17.3 Å². The number of carboxylic acid groups (broad SMARTS) is 1. The molecule has 0 unspecified atom stereocenters. The molecule has 0 spiro atoms. The fourth-order valence-electron chi connectivity index (χ4n) is 1.57. The van der Waals surface area contributed by atoms with E-state index in [4.69, 9.17) is 5.11 Å². The molecule has 5 heteroatoms. The molecule has 18 heavy (non-hydrogen) atoms. The van der Waals surface area contributed by atoms with Gasteiger partial charge >= 0.3 is 5.97 Å².